The highest BCUT2D eigenvalue weighted by molar-refractivity contribution is 5.14. The molecule has 0 unspecified atom stereocenters. The van der Waals surface area contributed by atoms with Gasteiger partial charge in [0.15, 0.2) is 0 Å². The highest BCUT2D eigenvalue weighted by Gasteiger charge is 1.98. The Labute approximate surface area is 74.8 Å². The Bertz CT molecular complexity index is 223. The minimum atomic E-state index is 0.699. The molecular formula is C11H17N. The lowest BCUT2D eigenvalue weighted by molar-refractivity contribution is 0.635. The molecule has 0 aliphatic carbocycles. The Kier molecular flexibility index (Phi) is 3.27. The monoisotopic (exact) mass is 163 g/mol. The molecule has 0 aromatic carbocycles. The normalized spacial score (nSPS) is 10.7. The summed E-state index contributed by atoms with van der Waals surface area (Å²) >= 11 is 0. The van der Waals surface area contributed by atoms with Crippen molar-refractivity contribution in [1.29, 1.82) is 0 Å². The predicted molar refractivity (Wildman–Crippen MR) is 52.2 cm³/mol. The molecule has 0 atom stereocenters. The van der Waals surface area contributed by atoms with Crippen molar-refractivity contribution in [3.05, 3.63) is 29.6 Å². The first-order chi connectivity index (χ1) is 5.72. The van der Waals surface area contributed by atoms with E-state index in [1.165, 1.54) is 11.3 Å². The van der Waals surface area contributed by atoms with E-state index in [9.17, 15) is 0 Å². The zero-order chi connectivity index (χ0) is 8.97. The van der Waals surface area contributed by atoms with Crippen LogP contribution in [0.25, 0.3) is 0 Å². The fraction of sp³-hybridized carbons (Fsp3) is 0.545. The second-order valence-electron chi connectivity index (χ2n) is 3.61. The second kappa shape index (κ2) is 4.24. The molecule has 66 valence electrons. The fourth-order valence-corrected chi connectivity index (χ4v) is 1.20. The van der Waals surface area contributed by atoms with Gasteiger partial charge in [-0.2, -0.15) is 0 Å². The van der Waals surface area contributed by atoms with Gasteiger partial charge in [-0.05, 0) is 30.4 Å². The van der Waals surface area contributed by atoms with Crippen LogP contribution < -0.4 is 0 Å². The highest BCUT2D eigenvalue weighted by Crippen LogP contribution is 2.06. The maximum absolute atomic E-state index is 4.39. The van der Waals surface area contributed by atoms with Crippen LogP contribution in [0.2, 0.25) is 0 Å². The summed E-state index contributed by atoms with van der Waals surface area (Å²) in [6.07, 6.45) is 4.15. The first kappa shape index (κ1) is 9.24. The molecule has 0 bridgehead atoms. The quantitative estimate of drug-likeness (QED) is 0.667. The molecule has 0 aliphatic heterocycles. The number of pyridine rings is 1. The summed E-state index contributed by atoms with van der Waals surface area (Å²) in [5, 5.41) is 0. The van der Waals surface area contributed by atoms with Gasteiger partial charge in [0.1, 0.15) is 0 Å². The van der Waals surface area contributed by atoms with Crippen molar-refractivity contribution < 1.29 is 0 Å². The molecule has 1 heteroatoms. The molecule has 1 rings (SSSR count). The number of rotatable bonds is 3. The van der Waals surface area contributed by atoms with Crippen LogP contribution in [-0.2, 0) is 12.8 Å². The predicted octanol–water partition coefficient (Wildman–Crippen LogP) is 2.84. The van der Waals surface area contributed by atoms with Crippen LogP contribution in [0.15, 0.2) is 18.3 Å². The average Bonchev–Trinajstić information content (AvgIpc) is 2.05. The molecule has 1 heterocycles. The van der Waals surface area contributed by atoms with Crippen molar-refractivity contribution in [1.82, 2.24) is 4.98 Å². The van der Waals surface area contributed by atoms with Crippen molar-refractivity contribution in [2.45, 2.75) is 33.6 Å². The van der Waals surface area contributed by atoms with Gasteiger partial charge in [-0.15, -0.1) is 0 Å². The van der Waals surface area contributed by atoms with Crippen LogP contribution in [0, 0.1) is 5.92 Å². The molecule has 0 saturated carbocycles. The Morgan fingerprint density at radius 2 is 2.08 bits per heavy atom. The Morgan fingerprint density at radius 1 is 1.33 bits per heavy atom. The molecule has 0 fully saturated rings. The minimum Gasteiger partial charge on any atom is -0.261 e. The largest absolute Gasteiger partial charge is 0.261 e. The molecule has 1 aromatic rings. The number of hydrogen-bond acceptors (Lipinski definition) is 1. The van der Waals surface area contributed by atoms with E-state index in [1.54, 1.807) is 0 Å². The summed E-state index contributed by atoms with van der Waals surface area (Å²) < 4.78 is 0. The molecule has 1 aromatic heterocycles. The van der Waals surface area contributed by atoms with Crippen LogP contribution in [0.5, 0.6) is 0 Å². The summed E-state index contributed by atoms with van der Waals surface area (Å²) in [5.74, 6) is 0.699. The van der Waals surface area contributed by atoms with Crippen molar-refractivity contribution in [2.75, 3.05) is 0 Å². The third kappa shape index (κ3) is 2.65. The van der Waals surface area contributed by atoms with E-state index in [0.717, 1.165) is 12.8 Å². The fourth-order valence-electron chi connectivity index (χ4n) is 1.20. The van der Waals surface area contributed by atoms with Crippen LogP contribution in [0.4, 0.5) is 0 Å². The van der Waals surface area contributed by atoms with Crippen molar-refractivity contribution >= 4 is 0 Å². The topological polar surface area (TPSA) is 12.9 Å². The maximum atomic E-state index is 4.39. The molecule has 0 N–H and O–H groups in total. The smallest absolute Gasteiger partial charge is 0.0406 e. The van der Waals surface area contributed by atoms with E-state index in [-0.39, 0.29) is 0 Å². The van der Waals surface area contributed by atoms with Crippen LogP contribution in [0.3, 0.4) is 0 Å². The van der Waals surface area contributed by atoms with E-state index in [0.29, 0.717) is 5.92 Å². The van der Waals surface area contributed by atoms with E-state index < -0.39 is 0 Å². The minimum absolute atomic E-state index is 0.699. The summed E-state index contributed by atoms with van der Waals surface area (Å²) in [4.78, 5) is 4.39. The maximum Gasteiger partial charge on any atom is 0.0406 e. The number of aryl methyl sites for hydroxylation is 1. The summed E-state index contributed by atoms with van der Waals surface area (Å²) in [7, 11) is 0. The molecule has 12 heavy (non-hydrogen) atoms. The van der Waals surface area contributed by atoms with E-state index in [4.69, 9.17) is 0 Å². The van der Waals surface area contributed by atoms with Gasteiger partial charge in [0.25, 0.3) is 0 Å². The zero-order valence-electron chi connectivity index (χ0n) is 8.17. The SMILES string of the molecule is CCc1ccc(CC(C)C)nc1. The summed E-state index contributed by atoms with van der Waals surface area (Å²) in [6, 6.07) is 4.31. The van der Waals surface area contributed by atoms with Crippen LogP contribution >= 0.6 is 0 Å². The zero-order valence-corrected chi connectivity index (χ0v) is 8.17. The molecule has 0 aliphatic rings. The van der Waals surface area contributed by atoms with Gasteiger partial charge in [-0.1, -0.05) is 26.8 Å². The van der Waals surface area contributed by atoms with Gasteiger partial charge in [0.2, 0.25) is 0 Å². The lowest BCUT2D eigenvalue weighted by Gasteiger charge is -2.03. The van der Waals surface area contributed by atoms with Gasteiger partial charge in [-0.25, -0.2) is 0 Å². The highest BCUT2D eigenvalue weighted by atomic mass is 14.7. The van der Waals surface area contributed by atoms with Crippen molar-refractivity contribution in [3.63, 3.8) is 0 Å². The molecule has 0 radical (unpaired) electrons. The number of hydrogen-bond donors (Lipinski definition) is 0. The van der Waals surface area contributed by atoms with Gasteiger partial charge >= 0.3 is 0 Å². The molecule has 0 spiro atoms. The summed E-state index contributed by atoms with van der Waals surface area (Å²) in [5.41, 5.74) is 2.53. The lowest BCUT2D eigenvalue weighted by atomic mass is 10.1. The third-order valence-electron chi connectivity index (χ3n) is 1.91. The van der Waals surface area contributed by atoms with Gasteiger partial charge in [0, 0.05) is 11.9 Å². The second-order valence-corrected chi connectivity index (χ2v) is 3.61. The van der Waals surface area contributed by atoms with Gasteiger partial charge < -0.3 is 0 Å². The van der Waals surface area contributed by atoms with Gasteiger partial charge in [0.05, 0.1) is 0 Å². The van der Waals surface area contributed by atoms with E-state index in [1.807, 2.05) is 6.20 Å². The Hall–Kier alpha value is -0.850. The number of nitrogens with zero attached hydrogens (tertiary/aromatic N) is 1. The average molecular weight is 163 g/mol. The molecule has 1 nitrogen and oxygen atoms in total. The van der Waals surface area contributed by atoms with Crippen molar-refractivity contribution in [2.24, 2.45) is 5.92 Å². The Balaban J connectivity index is 2.65. The standard InChI is InChI=1S/C11H17N/c1-4-10-5-6-11(12-8-10)7-9(2)3/h5-6,8-9H,4,7H2,1-3H3. The van der Waals surface area contributed by atoms with Crippen LogP contribution in [0.1, 0.15) is 32.0 Å². The summed E-state index contributed by atoms with van der Waals surface area (Å²) in [6.45, 7) is 6.59. The molecule has 0 saturated heterocycles. The number of aromatic nitrogens is 1. The molecule has 0 amide bonds. The first-order valence-corrected chi connectivity index (χ1v) is 4.66. The Morgan fingerprint density at radius 3 is 2.50 bits per heavy atom. The lowest BCUT2D eigenvalue weighted by Crippen LogP contribution is -1.97. The molecular weight excluding hydrogens is 146 g/mol. The van der Waals surface area contributed by atoms with Gasteiger partial charge in [-0.3, -0.25) is 4.98 Å². The van der Waals surface area contributed by atoms with Crippen LogP contribution in [-0.4, -0.2) is 4.98 Å². The first-order valence-electron chi connectivity index (χ1n) is 4.66. The third-order valence-corrected chi connectivity index (χ3v) is 1.91. The van der Waals surface area contributed by atoms with Crippen molar-refractivity contribution in [3.8, 4) is 0 Å². The van der Waals surface area contributed by atoms with E-state index >= 15 is 0 Å². The van der Waals surface area contributed by atoms with E-state index in [2.05, 4.69) is 37.9 Å².